The first-order chi connectivity index (χ1) is 14.6. The topological polar surface area (TPSA) is 96.0 Å². The third-order valence-corrected chi connectivity index (χ3v) is 4.51. The number of carbonyl (C=O) groups is 1. The van der Waals surface area contributed by atoms with Crippen molar-refractivity contribution in [2.24, 2.45) is 10.7 Å². The Kier molecular flexibility index (Phi) is 6.00. The number of benzene rings is 1. The van der Waals surface area contributed by atoms with Gasteiger partial charge in [0.05, 0.1) is 12.7 Å². The van der Waals surface area contributed by atoms with E-state index < -0.39 is 54.3 Å². The number of rotatable bonds is 5. The Morgan fingerprint density at radius 2 is 2.06 bits per heavy atom. The van der Waals surface area contributed by atoms with Crippen LogP contribution < -0.4 is 10.5 Å². The highest BCUT2D eigenvalue weighted by molar-refractivity contribution is 5.89. The number of halogens is 5. The first kappa shape index (κ1) is 22.2. The average Bonchev–Trinajstić information content (AvgIpc) is 2.73. The maximum absolute atomic E-state index is 14.6. The predicted molar refractivity (Wildman–Crippen MR) is 96.9 cm³/mol. The van der Waals surface area contributed by atoms with Crippen molar-refractivity contribution in [3.05, 3.63) is 53.5 Å². The number of amidine groups is 1. The van der Waals surface area contributed by atoms with E-state index in [1.807, 2.05) is 0 Å². The Balaban J connectivity index is 1.98. The number of aliphatic imine (C=N–C) groups is 1. The zero-order chi connectivity index (χ0) is 22.8. The maximum Gasteiger partial charge on any atom is 0.425 e. The monoisotopic (exact) mass is 445 g/mol. The molecule has 2 heterocycles. The van der Waals surface area contributed by atoms with Gasteiger partial charge in [-0.05, 0) is 24.3 Å². The van der Waals surface area contributed by atoms with Gasteiger partial charge in [0.25, 0.3) is 6.02 Å². The fourth-order valence-electron chi connectivity index (χ4n) is 3.04. The lowest BCUT2D eigenvalue weighted by molar-refractivity contribution is -0.209. The van der Waals surface area contributed by atoms with E-state index in [-0.39, 0.29) is 17.2 Å². The van der Waals surface area contributed by atoms with E-state index in [9.17, 15) is 26.7 Å². The molecule has 1 aliphatic heterocycles. The Labute approximate surface area is 172 Å². The van der Waals surface area contributed by atoms with Crippen LogP contribution in [0.3, 0.4) is 0 Å². The SMILES string of the molecule is COC(=O)c1ccnc(Oc2ccc(F)c(C3(CF)CC(C(F)(F)F)OC(N)=N3)c2)c1. The number of hydrogen-bond donors (Lipinski definition) is 1. The number of ether oxygens (including phenoxy) is 3. The standard InChI is InChI=1S/C19H16F5N3O4/c1-29-16(28)10-4-5-26-15(6-10)30-11-2-3-13(21)12(7-11)18(9-20)8-14(19(22,23)24)31-17(25)27-18/h2-7,14H,8-9H2,1H3,(H2,25,27). The molecule has 0 radical (unpaired) electrons. The van der Waals surface area contributed by atoms with Gasteiger partial charge in [-0.15, -0.1) is 0 Å². The first-order valence-corrected chi connectivity index (χ1v) is 8.75. The van der Waals surface area contributed by atoms with Crippen molar-refractivity contribution in [3.63, 3.8) is 0 Å². The molecular formula is C19H16F5N3O4. The molecule has 0 saturated heterocycles. The zero-order valence-electron chi connectivity index (χ0n) is 16.0. The molecule has 7 nitrogen and oxygen atoms in total. The third kappa shape index (κ3) is 4.67. The summed E-state index contributed by atoms with van der Waals surface area (Å²) in [5.41, 5.74) is 2.68. The molecule has 1 aromatic heterocycles. The molecule has 0 amide bonds. The lowest BCUT2D eigenvalue weighted by Crippen LogP contribution is -2.48. The molecule has 2 unspecified atom stereocenters. The van der Waals surface area contributed by atoms with Crippen LogP contribution in [0.15, 0.2) is 41.5 Å². The summed E-state index contributed by atoms with van der Waals surface area (Å²) in [6.07, 6.45) is -7.11. The highest BCUT2D eigenvalue weighted by Crippen LogP contribution is 2.42. The summed E-state index contributed by atoms with van der Waals surface area (Å²) in [6, 6.07) is 4.73. The number of nitrogens with zero attached hydrogens (tertiary/aromatic N) is 2. The molecule has 1 aliphatic rings. The van der Waals surface area contributed by atoms with Gasteiger partial charge < -0.3 is 19.9 Å². The average molecular weight is 445 g/mol. The second-order valence-electron chi connectivity index (χ2n) is 6.59. The molecule has 3 rings (SSSR count). The van der Waals surface area contributed by atoms with E-state index in [0.29, 0.717) is 0 Å². The van der Waals surface area contributed by atoms with Crippen molar-refractivity contribution in [2.75, 3.05) is 13.8 Å². The molecule has 0 fully saturated rings. The lowest BCUT2D eigenvalue weighted by atomic mass is 9.84. The van der Waals surface area contributed by atoms with Gasteiger partial charge in [-0.1, -0.05) is 0 Å². The van der Waals surface area contributed by atoms with Crippen molar-refractivity contribution < 1.29 is 41.0 Å². The van der Waals surface area contributed by atoms with E-state index >= 15 is 0 Å². The number of carbonyl (C=O) groups excluding carboxylic acids is 1. The summed E-state index contributed by atoms with van der Waals surface area (Å²) >= 11 is 0. The number of hydrogen-bond acceptors (Lipinski definition) is 7. The van der Waals surface area contributed by atoms with Crippen molar-refractivity contribution in [3.8, 4) is 11.6 Å². The highest BCUT2D eigenvalue weighted by atomic mass is 19.4. The minimum atomic E-state index is -4.87. The van der Waals surface area contributed by atoms with Crippen LogP contribution in [0.4, 0.5) is 22.0 Å². The van der Waals surface area contributed by atoms with Crippen LogP contribution in [-0.2, 0) is 15.0 Å². The number of alkyl halides is 4. The predicted octanol–water partition coefficient (Wildman–Crippen LogP) is 3.63. The van der Waals surface area contributed by atoms with Gasteiger partial charge in [-0.2, -0.15) is 13.2 Å². The third-order valence-electron chi connectivity index (χ3n) is 4.51. The molecule has 1 aromatic carbocycles. The fourth-order valence-corrected chi connectivity index (χ4v) is 3.04. The van der Waals surface area contributed by atoms with E-state index in [1.165, 1.54) is 25.4 Å². The van der Waals surface area contributed by atoms with Crippen LogP contribution in [0, 0.1) is 5.82 Å². The highest BCUT2D eigenvalue weighted by Gasteiger charge is 2.52. The normalized spacial score (nSPS) is 21.1. The van der Waals surface area contributed by atoms with Gasteiger partial charge in [0.1, 0.15) is 23.8 Å². The quantitative estimate of drug-likeness (QED) is 0.558. The maximum atomic E-state index is 14.6. The second-order valence-corrected chi connectivity index (χ2v) is 6.59. The van der Waals surface area contributed by atoms with E-state index in [2.05, 4.69) is 19.5 Å². The number of pyridine rings is 1. The van der Waals surface area contributed by atoms with Crippen LogP contribution in [0.2, 0.25) is 0 Å². The number of methoxy groups -OCH3 is 1. The molecule has 0 saturated carbocycles. The van der Waals surface area contributed by atoms with E-state index in [1.54, 1.807) is 0 Å². The van der Waals surface area contributed by atoms with Gasteiger partial charge in [-0.25, -0.2) is 23.6 Å². The van der Waals surface area contributed by atoms with E-state index in [4.69, 9.17) is 10.5 Å². The largest absolute Gasteiger partial charge is 0.465 e. The number of esters is 1. The van der Waals surface area contributed by atoms with Gasteiger partial charge in [0.15, 0.2) is 6.10 Å². The smallest absolute Gasteiger partial charge is 0.425 e. The fraction of sp³-hybridized carbons (Fsp3) is 0.316. The summed E-state index contributed by atoms with van der Waals surface area (Å²) < 4.78 is 82.7. The summed E-state index contributed by atoms with van der Waals surface area (Å²) in [6.45, 7) is -1.47. The Morgan fingerprint density at radius 1 is 1.32 bits per heavy atom. The van der Waals surface area contributed by atoms with Crippen LogP contribution in [0.1, 0.15) is 22.3 Å². The molecule has 12 heteroatoms. The van der Waals surface area contributed by atoms with Crippen LogP contribution in [-0.4, -0.2) is 43.0 Å². The Bertz CT molecular complexity index is 1010. The van der Waals surface area contributed by atoms with Crippen LogP contribution >= 0.6 is 0 Å². The number of nitrogens with two attached hydrogens (primary N) is 1. The molecule has 2 aromatic rings. The minimum absolute atomic E-state index is 0.0810. The molecular weight excluding hydrogens is 429 g/mol. The van der Waals surface area contributed by atoms with Crippen molar-refractivity contribution in [1.29, 1.82) is 0 Å². The van der Waals surface area contributed by atoms with Gasteiger partial charge in [0, 0.05) is 24.2 Å². The Hall–Kier alpha value is -3.44. The molecule has 2 N–H and O–H groups in total. The van der Waals surface area contributed by atoms with Crippen molar-refractivity contribution >= 4 is 12.0 Å². The lowest BCUT2D eigenvalue weighted by Gasteiger charge is -2.36. The second kappa shape index (κ2) is 8.36. The van der Waals surface area contributed by atoms with Gasteiger partial charge >= 0.3 is 12.1 Å². The molecule has 166 valence electrons. The molecule has 0 bridgehead atoms. The molecule has 2 atom stereocenters. The first-order valence-electron chi connectivity index (χ1n) is 8.75. The van der Waals surface area contributed by atoms with Gasteiger partial charge in [0.2, 0.25) is 5.88 Å². The minimum Gasteiger partial charge on any atom is -0.465 e. The summed E-state index contributed by atoms with van der Waals surface area (Å²) in [4.78, 5) is 19.2. The zero-order valence-corrected chi connectivity index (χ0v) is 16.0. The van der Waals surface area contributed by atoms with E-state index in [0.717, 1.165) is 18.2 Å². The van der Waals surface area contributed by atoms with Crippen molar-refractivity contribution in [1.82, 2.24) is 4.98 Å². The molecule has 0 spiro atoms. The summed E-state index contributed by atoms with van der Waals surface area (Å²) in [5, 5.41) is 0. The van der Waals surface area contributed by atoms with Crippen LogP contribution in [0.5, 0.6) is 11.6 Å². The van der Waals surface area contributed by atoms with Gasteiger partial charge in [-0.3, -0.25) is 0 Å². The Morgan fingerprint density at radius 3 is 2.71 bits per heavy atom. The molecule has 31 heavy (non-hydrogen) atoms. The van der Waals surface area contributed by atoms with Crippen LogP contribution in [0.25, 0.3) is 0 Å². The van der Waals surface area contributed by atoms with Crippen molar-refractivity contribution in [2.45, 2.75) is 24.2 Å². The molecule has 0 aliphatic carbocycles. The number of aromatic nitrogens is 1. The summed E-state index contributed by atoms with van der Waals surface area (Å²) in [7, 11) is 1.18. The summed E-state index contributed by atoms with van der Waals surface area (Å²) in [5.74, 6) is -1.84.